The van der Waals surface area contributed by atoms with Gasteiger partial charge < -0.3 is 46.0 Å². The maximum Gasteiger partial charge on any atom is 0.256 e. The predicted octanol–water partition coefficient (Wildman–Crippen LogP) is 8.66. The minimum atomic E-state index is -1.29. The maximum absolute atomic E-state index is 14.6. The molecule has 5 aromatic rings. The standard InChI is InChI=1S/C25H32F3IN4O2.C25H23F3IN3O3/c1-15(2)33(16(3)4)10-9-30-12-25(35)13-32(14-25)24(34)18-6-7-19(26)22(28)23(18)31-21-8-5-17(29)11-20(21)27;26-19-8-7-18(23(22(19)28)31-21-9-6-16(29)12-20(21)27)24(33)32-14-25(34,15-32)13-30-10-11-35-17-4-2-1-3-5-17/h5-8,11,15-16,30-31,35H,9-10,12-14H2,1-4H3;1-9,12,30-31,34H,10-11,13-15H2. The minimum absolute atomic E-state index is 0.00864. The monoisotopic (exact) mass is 1200 g/mol. The highest BCUT2D eigenvalue weighted by molar-refractivity contribution is 14.1. The van der Waals surface area contributed by atoms with Crippen molar-refractivity contribution in [3.8, 4) is 5.75 Å². The number of amides is 2. The van der Waals surface area contributed by atoms with Gasteiger partial charge >= 0.3 is 0 Å². The molecule has 0 radical (unpaired) electrons. The van der Waals surface area contributed by atoms with Crippen LogP contribution < -0.4 is 26.0 Å². The van der Waals surface area contributed by atoms with Crippen LogP contribution in [0.1, 0.15) is 48.4 Å². The summed E-state index contributed by atoms with van der Waals surface area (Å²) in [6, 6.07) is 22.6. The van der Waals surface area contributed by atoms with Gasteiger partial charge in [-0.1, -0.05) is 18.2 Å². The molecule has 2 aliphatic rings. The Bertz CT molecular complexity index is 2620. The second-order valence-electron chi connectivity index (χ2n) is 17.8. The molecule has 0 spiro atoms. The molecule has 2 saturated heterocycles. The first-order chi connectivity index (χ1) is 33.2. The molecule has 2 heterocycles. The fourth-order valence-electron chi connectivity index (χ4n) is 8.05. The molecule has 6 N–H and O–H groups in total. The summed E-state index contributed by atoms with van der Waals surface area (Å²) in [5.41, 5.74) is -3.63. The van der Waals surface area contributed by atoms with Gasteiger partial charge in [-0.05, 0) is 146 Å². The van der Waals surface area contributed by atoms with Crippen molar-refractivity contribution < 1.29 is 50.9 Å². The van der Waals surface area contributed by atoms with Crippen molar-refractivity contribution >= 4 is 79.7 Å². The van der Waals surface area contributed by atoms with Gasteiger partial charge in [-0.3, -0.25) is 14.5 Å². The SMILES string of the molecule is CC(C)N(CCNCC1(O)CN(C(=O)c2ccc(F)c(F)c2Nc2ccc(I)cc2F)C1)C(C)C.O=C(c1ccc(F)c(F)c1Nc1ccc(I)cc1F)N1CC(O)(CNCCOc2ccccc2)C1. The summed E-state index contributed by atoms with van der Waals surface area (Å²) in [4.78, 5) is 31.1. The van der Waals surface area contributed by atoms with Gasteiger partial charge in [-0.2, -0.15) is 0 Å². The highest BCUT2D eigenvalue weighted by Gasteiger charge is 2.45. The first kappa shape index (κ1) is 54.6. The van der Waals surface area contributed by atoms with Crippen molar-refractivity contribution in [2.45, 2.75) is 51.0 Å². The van der Waals surface area contributed by atoms with Crippen LogP contribution in [0.3, 0.4) is 0 Å². The van der Waals surface area contributed by atoms with Crippen molar-refractivity contribution in [2.75, 3.05) is 76.1 Å². The van der Waals surface area contributed by atoms with Crippen molar-refractivity contribution in [1.82, 2.24) is 25.3 Å². The lowest BCUT2D eigenvalue weighted by Gasteiger charge is -2.46. The number of nitrogens with zero attached hydrogens (tertiary/aromatic N) is 3. The maximum atomic E-state index is 14.6. The number of hydrogen-bond donors (Lipinski definition) is 6. The zero-order valence-corrected chi connectivity index (χ0v) is 43.2. The van der Waals surface area contributed by atoms with Crippen LogP contribution in [0.15, 0.2) is 91.0 Å². The van der Waals surface area contributed by atoms with E-state index in [-0.39, 0.29) is 55.2 Å². The molecule has 0 unspecified atom stereocenters. The van der Waals surface area contributed by atoms with Gasteiger partial charge in [0.2, 0.25) is 0 Å². The van der Waals surface area contributed by atoms with Gasteiger partial charge in [0.1, 0.15) is 35.2 Å². The Morgan fingerprint density at radius 1 is 0.629 bits per heavy atom. The Hall–Kier alpha value is -4.72. The van der Waals surface area contributed by atoms with E-state index in [4.69, 9.17) is 4.74 Å². The highest BCUT2D eigenvalue weighted by Crippen LogP contribution is 2.34. The predicted molar refractivity (Wildman–Crippen MR) is 274 cm³/mol. The average Bonchev–Trinajstić information content (AvgIpc) is 3.29. The third-order valence-corrected chi connectivity index (χ3v) is 13.0. The largest absolute Gasteiger partial charge is 0.492 e. The smallest absolute Gasteiger partial charge is 0.256 e. The molecule has 2 fully saturated rings. The molecule has 70 heavy (non-hydrogen) atoms. The first-order valence-electron chi connectivity index (χ1n) is 22.5. The minimum Gasteiger partial charge on any atom is -0.492 e. The van der Waals surface area contributed by atoms with Gasteiger partial charge in [-0.15, -0.1) is 0 Å². The molecule has 7 rings (SSSR count). The second kappa shape index (κ2) is 24.1. The number of anilines is 4. The Balaban J connectivity index is 0.000000230. The molecule has 376 valence electrons. The van der Waals surface area contributed by atoms with Crippen molar-refractivity contribution in [3.05, 3.63) is 144 Å². The number of hydrogen-bond acceptors (Lipinski definition) is 10. The second-order valence-corrected chi connectivity index (χ2v) is 20.3. The molecule has 0 bridgehead atoms. The summed E-state index contributed by atoms with van der Waals surface area (Å²) in [7, 11) is 0. The summed E-state index contributed by atoms with van der Waals surface area (Å²) >= 11 is 3.86. The molecule has 20 heteroatoms. The molecule has 5 aromatic carbocycles. The van der Waals surface area contributed by atoms with Crippen LogP contribution >= 0.6 is 45.2 Å². The summed E-state index contributed by atoms with van der Waals surface area (Å²) in [6.45, 7) is 11.6. The van der Waals surface area contributed by atoms with Gasteiger partial charge in [-0.25, -0.2) is 26.3 Å². The van der Waals surface area contributed by atoms with E-state index in [1.807, 2.05) is 75.5 Å². The number of ether oxygens (including phenoxy) is 1. The van der Waals surface area contributed by atoms with E-state index in [0.29, 0.717) is 45.5 Å². The summed E-state index contributed by atoms with van der Waals surface area (Å²) in [6.07, 6.45) is 0. The van der Waals surface area contributed by atoms with E-state index in [2.05, 4.69) is 53.9 Å². The van der Waals surface area contributed by atoms with E-state index in [9.17, 15) is 46.1 Å². The lowest BCUT2D eigenvalue weighted by molar-refractivity contribution is -0.0787. The summed E-state index contributed by atoms with van der Waals surface area (Å²) < 4.78 is 92.6. The molecule has 0 aromatic heterocycles. The van der Waals surface area contributed by atoms with Gasteiger partial charge in [0.15, 0.2) is 23.3 Å². The van der Waals surface area contributed by atoms with Crippen LogP contribution in [0.25, 0.3) is 0 Å². The molecular formula is C50H55F6I2N7O5. The van der Waals surface area contributed by atoms with Crippen LogP contribution in [0.5, 0.6) is 5.75 Å². The Labute approximate surface area is 430 Å². The number of aliphatic hydroxyl groups is 2. The van der Waals surface area contributed by atoms with Crippen LogP contribution in [0, 0.1) is 42.0 Å². The molecule has 0 saturated carbocycles. The van der Waals surface area contributed by atoms with Crippen molar-refractivity contribution in [1.29, 1.82) is 0 Å². The number of benzene rings is 5. The number of rotatable bonds is 19. The number of carbonyl (C=O) groups is 2. The van der Waals surface area contributed by atoms with E-state index in [0.717, 1.165) is 36.6 Å². The van der Waals surface area contributed by atoms with Crippen molar-refractivity contribution in [2.24, 2.45) is 0 Å². The zero-order chi connectivity index (χ0) is 50.9. The Morgan fingerprint density at radius 3 is 1.47 bits per heavy atom. The van der Waals surface area contributed by atoms with Gasteiger partial charge in [0.05, 0.1) is 60.1 Å². The lowest BCUT2D eigenvalue weighted by atomic mass is 9.92. The molecule has 12 nitrogen and oxygen atoms in total. The van der Waals surface area contributed by atoms with E-state index >= 15 is 0 Å². The molecule has 0 atom stereocenters. The fraction of sp³-hybridized carbons (Fsp3) is 0.360. The molecule has 0 aliphatic carbocycles. The van der Waals surface area contributed by atoms with Crippen molar-refractivity contribution in [3.63, 3.8) is 0 Å². The van der Waals surface area contributed by atoms with Gasteiger partial charge in [0, 0.05) is 51.9 Å². The van der Waals surface area contributed by atoms with Gasteiger partial charge in [0.25, 0.3) is 11.8 Å². The number of halogens is 8. The number of para-hydroxylation sites is 1. The highest BCUT2D eigenvalue weighted by atomic mass is 127. The van der Waals surface area contributed by atoms with E-state index < -0.39 is 69.3 Å². The fourth-order valence-corrected chi connectivity index (χ4v) is 8.96. The molecule has 2 aliphatic heterocycles. The normalized spacial score (nSPS) is 14.8. The third-order valence-electron chi connectivity index (χ3n) is 11.6. The third kappa shape index (κ3) is 14.0. The Morgan fingerprint density at radius 2 is 1.06 bits per heavy atom. The number of nitrogens with one attached hydrogen (secondary N) is 4. The quantitative estimate of drug-likeness (QED) is 0.0271. The summed E-state index contributed by atoms with van der Waals surface area (Å²) in [5, 5.41) is 32.8. The Kier molecular flexibility index (Phi) is 18.8. The van der Waals surface area contributed by atoms with E-state index in [1.54, 1.807) is 12.1 Å². The average molecular weight is 1200 g/mol. The molecule has 2 amide bonds. The van der Waals surface area contributed by atoms with Crippen LogP contribution in [-0.4, -0.2) is 126 Å². The molecular weight excluding hydrogens is 1150 g/mol. The summed E-state index contributed by atoms with van der Waals surface area (Å²) in [5.74, 6) is -6.64. The van der Waals surface area contributed by atoms with Crippen LogP contribution in [-0.2, 0) is 0 Å². The topological polar surface area (TPSA) is 142 Å². The number of β-amino-alcohol motifs (C(OH)–C–C–N with tert-alkyl or cyclic N) is 2. The first-order valence-corrected chi connectivity index (χ1v) is 24.6. The lowest BCUT2D eigenvalue weighted by Crippen LogP contribution is -2.67. The van der Waals surface area contributed by atoms with E-state index in [1.165, 1.54) is 34.1 Å². The number of likely N-dealkylation sites (tertiary alicyclic amines) is 2. The zero-order valence-electron chi connectivity index (χ0n) is 38.9. The van der Waals surface area contributed by atoms with Crippen LogP contribution in [0.2, 0.25) is 0 Å². The van der Waals surface area contributed by atoms with Crippen LogP contribution in [0.4, 0.5) is 49.1 Å². The number of carbonyl (C=O) groups excluding carboxylic acids is 2.